The lowest BCUT2D eigenvalue weighted by molar-refractivity contribution is 0.155. The molecular formula is C21H33N3O. The molecule has 3 rings (SSSR count). The van der Waals surface area contributed by atoms with E-state index in [1.807, 2.05) is 17.0 Å². The molecule has 1 aromatic carbocycles. The predicted molar refractivity (Wildman–Crippen MR) is 104 cm³/mol. The van der Waals surface area contributed by atoms with E-state index in [0.717, 1.165) is 44.0 Å². The predicted octanol–water partition coefficient (Wildman–Crippen LogP) is 4.37. The van der Waals surface area contributed by atoms with E-state index in [1.165, 1.54) is 50.9 Å². The van der Waals surface area contributed by atoms with E-state index in [1.54, 1.807) is 0 Å². The lowest BCUT2D eigenvalue weighted by Gasteiger charge is -2.34. The largest absolute Gasteiger partial charge is 0.325 e. The molecule has 2 fully saturated rings. The fraction of sp³-hybridized carbons (Fsp3) is 0.667. The SMILES string of the molecule is CCc1ccc(NC(=O)N2CCC(CN3CCCCCC3)CC2)cc1. The third kappa shape index (κ3) is 5.46. The fourth-order valence-electron chi connectivity index (χ4n) is 4.03. The number of carbonyl (C=O) groups excluding carboxylic acids is 1. The van der Waals surface area contributed by atoms with Gasteiger partial charge in [-0.3, -0.25) is 0 Å². The highest BCUT2D eigenvalue weighted by Gasteiger charge is 2.24. The zero-order valence-corrected chi connectivity index (χ0v) is 15.7. The van der Waals surface area contributed by atoms with Crippen molar-refractivity contribution < 1.29 is 4.79 Å². The maximum Gasteiger partial charge on any atom is 0.321 e. The molecule has 0 bridgehead atoms. The van der Waals surface area contributed by atoms with E-state index in [4.69, 9.17) is 0 Å². The van der Waals surface area contributed by atoms with Crippen LogP contribution in [0.4, 0.5) is 10.5 Å². The van der Waals surface area contributed by atoms with Crippen molar-refractivity contribution in [3.63, 3.8) is 0 Å². The summed E-state index contributed by atoms with van der Waals surface area (Å²) in [6.07, 6.45) is 8.81. The monoisotopic (exact) mass is 343 g/mol. The van der Waals surface area contributed by atoms with E-state index in [2.05, 4.69) is 29.3 Å². The Kier molecular flexibility index (Phi) is 6.74. The molecule has 1 N–H and O–H groups in total. The molecule has 0 radical (unpaired) electrons. The summed E-state index contributed by atoms with van der Waals surface area (Å²) in [5.74, 6) is 0.756. The van der Waals surface area contributed by atoms with Gasteiger partial charge in [-0.15, -0.1) is 0 Å². The first kappa shape index (κ1) is 18.2. The third-order valence-corrected chi connectivity index (χ3v) is 5.73. The molecule has 0 spiro atoms. The van der Waals surface area contributed by atoms with Crippen LogP contribution in [0.15, 0.2) is 24.3 Å². The second kappa shape index (κ2) is 9.23. The Morgan fingerprint density at radius 2 is 1.64 bits per heavy atom. The lowest BCUT2D eigenvalue weighted by atomic mass is 9.96. The average molecular weight is 344 g/mol. The number of piperidine rings is 1. The number of nitrogens with one attached hydrogen (secondary N) is 1. The van der Waals surface area contributed by atoms with Crippen LogP contribution in [0.3, 0.4) is 0 Å². The summed E-state index contributed by atoms with van der Waals surface area (Å²) in [5.41, 5.74) is 2.20. The third-order valence-electron chi connectivity index (χ3n) is 5.73. The van der Waals surface area contributed by atoms with Gasteiger partial charge in [-0.25, -0.2) is 4.79 Å². The Balaban J connectivity index is 1.42. The number of hydrogen-bond acceptors (Lipinski definition) is 2. The highest BCUT2D eigenvalue weighted by Crippen LogP contribution is 2.21. The van der Waals surface area contributed by atoms with Gasteiger partial charge in [0.25, 0.3) is 0 Å². The van der Waals surface area contributed by atoms with E-state index in [0.29, 0.717) is 0 Å². The highest BCUT2D eigenvalue weighted by atomic mass is 16.2. The summed E-state index contributed by atoms with van der Waals surface area (Å²) in [4.78, 5) is 17.1. The van der Waals surface area contributed by atoms with Crippen LogP contribution in [-0.4, -0.2) is 48.6 Å². The number of anilines is 1. The van der Waals surface area contributed by atoms with Gasteiger partial charge < -0.3 is 15.1 Å². The first-order valence-corrected chi connectivity index (χ1v) is 10.1. The number of carbonyl (C=O) groups is 1. The number of hydrogen-bond donors (Lipinski definition) is 1. The molecule has 138 valence electrons. The minimum Gasteiger partial charge on any atom is -0.325 e. The molecule has 0 unspecified atom stereocenters. The first-order valence-electron chi connectivity index (χ1n) is 10.1. The molecule has 4 nitrogen and oxygen atoms in total. The Hall–Kier alpha value is -1.55. The molecule has 2 aliphatic rings. The van der Waals surface area contributed by atoms with Gasteiger partial charge >= 0.3 is 6.03 Å². The van der Waals surface area contributed by atoms with E-state index in [-0.39, 0.29) is 6.03 Å². The van der Waals surface area contributed by atoms with Crippen molar-refractivity contribution in [1.82, 2.24) is 9.80 Å². The zero-order valence-electron chi connectivity index (χ0n) is 15.7. The topological polar surface area (TPSA) is 35.6 Å². The molecule has 0 aromatic heterocycles. The Morgan fingerprint density at radius 3 is 2.24 bits per heavy atom. The summed E-state index contributed by atoms with van der Waals surface area (Å²) in [6.45, 7) is 7.69. The van der Waals surface area contributed by atoms with E-state index >= 15 is 0 Å². The summed E-state index contributed by atoms with van der Waals surface area (Å²) >= 11 is 0. The molecule has 4 heteroatoms. The van der Waals surface area contributed by atoms with Crippen LogP contribution in [-0.2, 0) is 6.42 Å². The first-order chi connectivity index (χ1) is 12.2. The van der Waals surface area contributed by atoms with Crippen LogP contribution < -0.4 is 5.32 Å². The van der Waals surface area contributed by atoms with Crippen molar-refractivity contribution in [2.45, 2.75) is 51.9 Å². The summed E-state index contributed by atoms with van der Waals surface area (Å²) in [7, 11) is 0. The summed E-state index contributed by atoms with van der Waals surface area (Å²) in [5, 5.41) is 3.04. The van der Waals surface area contributed by atoms with Crippen molar-refractivity contribution in [2.24, 2.45) is 5.92 Å². The van der Waals surface area contributed by atoms with Gasteiger partial charge in [0.15, 0.2) is 0 Å². The van der Waals surface area contributed by atoms with Crippen LogP contribution in [0.25, 0.3) is 0 Å². The second-order valence-corrected chi connectivity index (χ2v) is 7.63. The van der Waals surface area contributed by atoms with Gasteiger partial charge in [-0.1, -0.05) is 31.9 Å². The van der Waals surface area contributed by atoms with Gasteiger partial charge in [-0.05, 0) is 68.8 Å². The number of nitrogens with zero attached hydrogens (tertiary/aromatic N) is 2. The minimum atomic E-state index is 0.0532. The lowest BCUT2D eigenvalue weighted by Crippen LogP contribution is -2.43. The van der Waals surface area contributed by atoms with Gasteiger partial charge in [0.1, 0.15) is 0 Å². The molecule has 1 aromatic rings. The van der Waals surface area contributed by atoms with Crippen LogP contribution in [0, 0.1) is 5.92 Å². The van der Waals surface area contributed by atoms with Gasteiger partial charge in [0.2, 0.25) is 0 Å². The summed E-state index contributed by atoms with van der Waals surface area (Å²) < 4.78 is 0. The van der Waals surface area contributed by atoms with Crippen LogP contribution in [0.2, 0.25) is 0 Å². The van der Waals surface area contributed by atoms with Gasteiger partial charge in [0.05, 0.1) is 0 Å². The molecule has 2 aliphatic heterocycles. The van der Waals surface area contributed by atoms with E-state index < -0.39 is 0 Å². The number of rotatable bonds is 4. The normalized spacial score (nSPS) is 20.3. The summed E-state index contributed by atoms with van der Waals surface area (Å²) in [6, 6.07) is 8.23. The number of urea groups is 1. The van der Waals surface area contributed by atoms with Crippen LogP contribution in [0.5, 0.6) is 0 Å². The molecular weight excluding hydrogens is 310 g/mol. The van der Waals surface area contributed by atoms with Crippen molar-refractivity contribution in [3.05, 3.63) is 29.8 Å². The van der Waals surface area contributed by atoms with Gasteiger partial charge in [-0.2, -0.15) is 0 Å². The van der Waals surface area contributed by atoms with Crippen LogP contribution >= 0.6 is 0 Å². The second-order valence-electron chi connectivity index (χ2n) is 7.63. The maximum absolute atomic E-state index is 12.5. The highest BCUT2D eigenvalue weighted by molar-refractivity contribution is 5.89. The maximum atomic E-state index is 12.5. The van der Waals surface area contributed by atoms with Gasteiger partial charge in [0, 0.05) is 25.3 Å². The zero-order chi connectivity index (χ0) is 17.5. The van der Waals surface area contributed by atoms with Crippen molar-refractivity contribution in [1.29, 1.82) is 0 Å². The molecule has 0 aliphatic carbocycles. The molecule has 2 saturated heterocycles. The fourth-order valence-corrected chi connectivity index (χ4v) is 4.03. The van der Waals surface area contributed by atoms with Crippen molar-refractivity contribution >= 4 is 11.7 Å². The minimum absolute atomic E-state index is 0.0532. The molecule has 0 saturated carbocycles. The van der Waals surface area contributed by atoms with E-state index in [9.17, 15) is 4.79 Å². The number of benzene rings is 1. The Labute approximate surface area is 152 Å². The quantitative estimate of drug-likeness (QED) is 0.881. The number of likely N-dealkylation sites (tertiary alicyclic amines) is 2. The molecule has 0 atom stereocenters. The Bertz CT molecular complexity index is 527. The Morgan fingerprint density at radius 1 is 1.00 bits per heavy atom. The van der Waals surface area contributed by atoms with Crippen molar-refractivity contribution in [3.8, 4) is 0 Å². The van der Waals surface area contributed by atoms with Crippen molar-refractivity contribution in [2.75, 3.05) is 38.0 Å². The number of amides is 2. The number of aryl methyl sites for hydroxylation is 1. The molecule has 2 heterocycles. The standard InChI is InChI=1S/C21H33N3O/c1-2-18-7-9-20(10-8-18)22-21(25)24-15-11-19(12-16-24)17-23-13-5-3-4-6-14-23/h7-10,19H,2-6,11-17H2,1H3,(H,22,25). The average Bonchev–Trinajstić information content (AvgIpc) is 2.91. The smallest absolute Gasteiger partial charge is 0.321 e. The molecule has 2 amide bonds. The molecule has 25 heavy (non-hydrogen) atoms. The van der Waals surface area contributed by atoms with Crippen LogP contribution in [0.1, 0.15) is 51.0 Å².